The number of carboxylic acid groups (broad SMARTS) is 1. The minimum absolute atomic E-state index is 0.0473. The fourth-order valence-electron chi connectivity index (χ4n) is 7.43. The van der Waals surface area contributed by atoms with Crippen LogP contribution >= 0.6 is 24.1 Å². The van der Waals surface area contributed by atoms with Gasteiger partial charge in [0.25, 0.3) is 30.1 Å². The van der Waals surface area contributed by atoms with Crippen LogP contribution < -0.4 is 4.90 Å². The smallest absolute Gasteiger partial charge is 0.361 e. The van der Waals surface area contributed by atoms with Crippen LogP contribution in [0, 0.1) is 10.8 Å². The van der Waals surface area contributed by atoms with E-state index in [2.05, 4.69) is 0 Å². The molecule has 0 bridgehead atoms. The molecule has 70 heavy (non-hydrogen) atoms. The van der Waals surface area contributed by atoms with Crippen molar-refractivity contribution in [3.05, 3.63) is 82.9 Å². The number of hydrogen-bond donors (Lipinski definition) is 5. The van der Waals surface area contributed by atoms with Gasteiger partial charge in [0.15, 0.2) is 6.61 Å². The van der Waals surface area contributed by atoms with Crippen LogP contribution in [0.15, 0.2) is 92.9 Å². The summed E-state index contributed by atoms with van der Waals surface area (Å²) in [4.78, 5) is 115. The van der Waals surface area contributed by atoms with Crippen molar-refractivity contribution < 1.29 is 72.4 Å². The molecule has 0 spiro atoms. The first-order valence-electron chi connectivity index (χ1n) is 22.1. The van der Waals surface area contributed by atoms with Gasteiger partial charge in [0, 0.05) is 93.1 Å². The molecule has 6 amide bonds. The van der Waals surface area contributed by atoms with Crippen LogP contribution in [-0.2, 0) is 48.0 Å². The SMILES string of the molecule is CCCC(=O)N(C)C=O.CN(O)C(=O)C1=CN(CCCSO)C2=N/C(=C/C=C/C=C/C3=NC4C(=CC(C(=O)N(C)OCC(=O)ON5C(=O)CCC5=O)=C[NH+]4CCCSO)C3(C)C)C(C)(C)C2=C1.O=CO. The second-order valence-electron chi connectivity index (χ2n) is 17.0. The molecular formula is C46H63N8O14S2+. The van der Waals surface area contributed by atoms with Crippen LogP contribution in [-0.4, -0.2) is 163 Å². The Morgan fingerprint density at radius 1 is 0.929 bits per heavy atom. The van der Waals surface area contributed by atoms with Crippen molar-refractivity contribution in [2.75, 3.05) is 52.3 Å². The van der Waals surface area contributed by atoms with Crippen LogP contribution in [0.4, 0.5) is 0 Å². The van der Waals surface area contributed by atoms with Gasteiger partial charge in [0.1, 0.15) is 12.0 Å². The number of fused-ring (bicyclic) bond motifs is 2. The lowest BCUT2D eigenvalue weighted by atomic mass is 9.78. The normalized spacial score (nSPS) is 20.1. The van der Waals surface area contributed by atoms with E-state index in [-0.39, 0.29) is 31.4 Å². The van der Waals surface area contributed by atoms with Gasteiger partial charge in [-0.05, 0) is 61.2 Å². The Hall–Kier alpha value is -6.02. The maximum absolute atomic E-state index is 13.6. The van der Waals surface area contributed by atoms with Crippen LogP contribution in [0.2, 0.25) is 0 Å². The zero-order valence-corrected chi connectivity index (χ0v) is 42.2. The highest BCUT2D eigenvalue weighted by Gasteiger charge is 2.47. The monoisotopic (exact) mass is 1020 g/mol. The van der Waals surface area contributed by atoms with Crippen molar-refractivity contribution in [3.8, 4) is 0 Å². The fourth-order valence-corrected chi connectivity index (χ4v) is 7.96. The van der Waals surface area contributed by atoms with E-state index in [1.54, 1.807) is 24.6 Å². The number of allylic oxidation sites excluding steroid dienone is 6. The average molecular weight is 1020 g/mol. The summed E-state index contributed by atoms with van der Waals surface area (Å²) in [6.45, 7) is 10.1. The van der Waals surface area contributed by atoms with Crippen LogP contribution in [0.25, 0.3) is 0 Å². The zero-order valence-electron chi connectivity index (χ0n) is 40.5. The number of hydrogen-bond acceptors (Lipinski definition) is 18. The second kappa shape index (κ2) is 27.4. The predicted molar refractivity (Wildman–Crippen MR) is 260 cm³/mol. The van der Waals surface area contributed by atoms with E-state index < -0.39 is 47.0 Å². The number of aliphatic imine (C=N–C) groups is 2. The molecule has 1 fully saturated rings. The Morgan fingerprint density at radius 2 is 1.57 bits per heavy atom. The molecule has 22 nitrogen and oxygen atoms in total. The van der Waals surface area contributed by atoms with Crippen molar-refractivity contribution >= 4 is 84.0 Å². The first-order valence-corrected chi connectivity index (χ1v) is 24.0. The van der Waals surface area contributed by atoms with Gasteiger partial charge in [-0.15, -0.1) is 5.06 Å². The maximum Gasteiger partial charge on any atom is 0.361 e. The zero-order chi connectivity index (χ0) is 52.3. The summed E-state index contributed by atoms with van der Waals surface area (Å²) in [6, 6.07) is 0. The number of amidine groups is 1. The van der Waals surface area contributed by atoms with Gasteiger partial charge in [0.05, 0.1) is 29.1 Å². The third-order valence-electron chi connectivity index (χ3n) is 11.3. The number of quaternary nitrogens is 1. The van der Waals surface area contributed by atoms with E-state index in [1.165, 1.54) is 21.1 Å². The molecule has 5 N–H and O–H groups in total. The van der Waals surface area contributed by atoms with E-state index in [9.17, 15) is 47.9 Å². The highest BCUT2D eigenvalue weighted by atomic mass is 32.2. The van der Waals surface area contributed by atoms with Crippen molar-refractivity contribution in [1.29, 1.82) is 0 Å². The minimum Gasteiger partial charge on any atom is -0.483 e. The van der Waals surface area contributed by atoms with Crippen molar-refractivity contribution in [3.63, 3.8) is 0 Å². The number of hydroxylamine groups is 6. The maximum atomic E-state index is 13.6. The molecular weight excluding hydrogens is 953 g/mol. The lowest BCUT2D eigenvalue weighted by Gasteiger charge is -2.30. The Labute approximate surface area is 415 Å². The number of likely N-dealkylation sites (N-methyl/N-ethyl adjacent to an activating group) is 2. The van der Waals surface area contributed by atoms with E-state index >= 15 is 0 Å². The van der Waals surface area contributed by atoms with E-state index in [0.717, 1.165) is 67.9 Å². The number of rotatable bonds is 20. The quantitative estimate of drug-likeness (QED) is 0.0223. The third-order valence-corrected chi connectivity index (χ3v) is 12.2. The molecule has 5 rings (SSSR count). The average Bonchev–Trinajstić information content (AvgIpc) is 3.88. The van der Waals surface area contributed by atoms with Crippen LogP contribution in [0.1, 0.15) is 73.1 Å². The van der Waals surface area contributed by atoms with E-state index in [0.29, 0.717) is 77.4 Å². The number of amides is 6. The Balaban J connectivity index is 0.000000959. The second-order valence-corrected chi connectivity index (χ2v) is 18.4. The molecule has 0 aromatic rings. The van der Waals surface area contributed by atoms with Gasteiger partial charge >= 0.3 is 5.97 Å². The third kappa shape index (κ3) is 15.2. The first-order chi connectivity index (χ1) is 33.1. The number of carbonyl (C=O) groups is 8. The van der Waals surface area contributed by atoms with Gasteiger partial charge in [0.2, 0.25) is 18.5 Å². The van der Waals surface area contributed by atoms with Crippen molar-refractivity contribution in [2.24, 2.45) is 20.8 Å². The predicted octanol–water partition coefficient (Wildman–Crippen LogP) is 3.20. The first kappa shape index (κ1) is 58.3. The molecule has 1 saturated heterocycles. The highest BCUT2D eigenvalue weighted by molar-refractivity contribution is 7.93. The molecule has 5 heterocycles. The molecule has 0 aliphatic carbocycles. The molecule has 2 atom stereocenters. The molecule has 24 heteroatoms. The summed E-state index contributed by atoms with van der Waals surface area (Å²) in [6.07, 6.45) is 19.1. The summed E-state index contributed by atoms with van der Waals surface area (Å²) < 4.78 is 18.6. The highest BCUT2D eigenvalue weighted by Crippen LogP contribution is 2.45. The lowest BCUT2D eigenvalue weighted by Crippen LogP contribution is -3.12. The van der Waals surface area contributed by atoms with Crippen molar-refractivity contribution in [2.45, 2.75) is 79.3 Å². The number of carbonyl (C=O) groups excluding carboxylic acids is 7. The van der Waals surface area contributed by atoms with Crippen molar-refractivity contribution in [1.82, 2.24) is 25.0 Å². The summed E-state index contributed by atoms with van der Waals surface area (Å²) in [5.41, 5.74) is 2.82. The van der Waals surface area contributed by atoms with E-state index in [4.69, 9.17) is 29.6 Å². The molecule has 0 radical (unpaired) electrons. The molecule has 0 aromatic heterocycles. The number of nitrogens with one attached hydrogen (secondary N) is 1. The Kier molecular flexibility index (Phi) is 22.8. The summed E-state index contributed by atoms with van der Waals surface area (Å²) in [5, 5.41) is 18.6. The van der Waals surface area contributed by atoms with Crippen LogP contribution in [0.5, 0.6) is 0 Å². The van der Waals surface area contributed by atoms with Gasteiger partial charge in [-0.3, -0.25) is 53.4 Å². The van der Waals surface area contributed by atoms with Crippen LogP contribution in [0.3, 0.4) is 0 Å². The molecule has 5 aliphatic heterocycles. The van der Waals surface area contributed by atoms with Gasteiger partial charge in [-0.25, -0.2) is 24.9 Å². The largest absolute Gasteiger partial charge is 0.483 e. The number of nitrogens with zero attached hydrogens (tertiary/aromatic N) is 7. The summed E-state index contributed by atoms with van der Waals surface area (Å²) in [5.74, 6) is -1.73. The fraction of sp³-hybridized carbons (Fsp3) is 0.478. The molecule has 0 saturated carbocycles. The molecule has 382 valence electrons. The Morgan fingerprint density at radius 3 is 2.17 bits per heavy atom. The molecule has 2 unspecified atom stereocenters. The molecule has 0 aromatic carbocycles. The summed E-state index contributed by atoms with van der Waals surface area (Å²) in [7, 11) is 4.10. The van der Waals surface area contributed by atoms with Gasteiger partial charge in [-0.1, -0.05) is 52.8 Å². The van der Waals surface area contributed by atoms with E-state index in [1.807, 2.05) is 69.9 Å². The van der Waals surface area contributed by atoms with Gasteiger partial charge in [-0.2, -0.15) is 0 Å². The van der Waals surface area contributed by atoms with Gasteiger partial charge < -0.3 is 23.9 Å². The standard InChI is InChI=1S/C39H49N7O10S2.C6H11NO2.CH2O2/c1-38(2)27-20-25(36(50)42(5)52)22-44(16-10-18-57-53)34(27)40-29(38)12-8-7-9-13-30-39(3,4)28-21-26(23-45(35(28)41-30)17-11-19-58-54)37(51)43(6)55-24-33(49)56-46-31(47)14-15-32(46)48;1-3-4-6(9)7(2)5-8;2-1-3/h7-9,12-13,20-23,35,52-54H,10-11,14-19,24H2,1-6H3;5H,3-4H2,1-2H3;1H,(H,2,3)/p+1/b8-7+,13-9+,29-12+;;. The molecule has 5 aliphatic rings. The topological polar surface area (TPSA) is 281 Å². The minimum atomic E-state index is -1.01. The number of imide groups is 2. The Bertz CT molecular complexity index is 2260. The lowest BCUT2D eigenvalue weighted by molar-refractivity contribution is -0.868. The summed E-state index contributed by atoms with van der Waals surface area (Å²) >= 11 is 1.50.